The molecule has 0 fully saturated rings. The Bertz CT molecular complexity index is 713. The smallest absolute Gasteiger partial charge is 0.389 e. The van der Waals surface area contributed by atoms with Gasteiger partial charge in [-0.3, -0.25) is 4.79 Å². The summed E-state index contributed by atoms with van der Waals surface area (Å²) in [5, 5.41) is 10.1. The molecule has 0 atom stereocenters. The predicted molar refractivity (Wildman–Crippen MR) is 71.3 cm³/mol. The van der Waals surface area contributed by atoms with Gasteiger partial charge in [0.15, 0.2) is 0 Å². The monoisotopic (exact) mass is 318 g/mol. The topological polar surface area (TPSA) is 66.0 Å². The van der Waals surface area contributed by atoms with Gasteiger partial charge < -0.3 is 10.1 Å². The summed E-state index contributed by atoms with van der Waals surface area (Å²) in [6.07, 6.45) is -6.01. The Morgan fingerprint density at radius 2 is 2.05 bits per heavy atom. The average Bonchev–Trinajstić information content (AvgIpc) is 2.35. The van der Waals surface area contributed by atoms with Gasteiger partial charge in [0.25, 0.3) is 5.56 Å². The van der Waals surface area contributed by atoms with Crippen LogP contribution in [0.3, 0.4) is 0 Å². The summed E-state index contributed by atoms with van der Waals surface area (Å²) in [7, 11) is 0. The van der Waals surface area contributed by atoms with Gasteiger partial charge in [-0.15, -0.1) is 0 Å². The lowest BCUT2D eigenvalue weighted by molar-refractivity contribution is -0.134. The number of halogens is 4. The van der Waals surface area contributed by atoms with Crippen LogP contribution in [0.2, 0.25) is 5.02 Å². The van der Waals surface area contributed by atoms with Crippen molar-refractivity contribution in [1.82, 2.24) is 9.97 Å². The molecule has 1 heterocycles. The lowest BCUT2D eigenvalue weighted by Crippen LogP contribution is -2.16. The fourth-order valence-corrected chi connectivity index (χ4v) is 1.98. The Balaban J connectivity index is 2.36. The first-order chi connectivity index (χ1) is 9.76. The van der Waals surface area contributed by atoms with Crippen LogP contribution in [0, 0.1) is 0 Å². The molecule has 1 aromatic heterocycles. The first-order valence-corrected chi connectivity index (χ1v) is 6.29. The van der Waals surface area contributed by atoms with Crippen molar-refractivity contribution in [1.29, 1.82) is 0 Å². The third-order valence-corrected chi connectivity index (χ3v) is 2.94. The summed E-state index contributed by atoms with van der Waals surface area (Å²) in [4.78, 5) is 17.8. The molecule has 8 heteroatoms. The van der Waals surface area contributed by atoms with Gasteiger partial charge in [0.2, 0.25) is 5.88 Å². The number of nitrogens with one attached hydrogen (secondary N) is 1. The number of aromatic amines is 1. The Labute approximate surface area is 122 Å². The number of hydrogen-bond acceptors (Lipinski definition) is 3. The first kappa shape index (κ1) is 15.4. The molecule has 0 aliphatic rings. The Hall–Kier alpha value is -2.02. The highest BCUT2D eigenvalue weighted by Gasteiger charge is 2.27. The number of benzene rings is 1. The molecule has 0 unspecified atom stereocenters. The number of aryl methyl sites for hydroxylation is 1. The number of aromatic nitrogens is 2. The van der Waals surface area contributed by atoms with Crippen molar-refractivity contribution in [2.45, 2.75) is 19.0 Å². The fourth-order valence-electron chi connectivity index (χ4n) is 1.79. The maximum absolute atomic E-state index is 12.1. The third kappa shape index (κ3) is 3.98. The zero-order valence-electron chi connectivity index (χ0n) is 10.5. The maximum atomic E-state index is 12.1. The van der Waals surface area contributed by atoms with Crippen molar-refractivity contribution in [3.05, 3.63) is 45.5 Å². The van der Waals surface area contributed by atoms with E-state index in [1.807, 2.05) is 0 Å². The first-order valence-electron chi connectivity index (χ1n) is 5.91. The molecule has 1 aromatic carbocycles. The number of hydrogen-bond donors (Lipinski definition) is 2. The molecule has 21 heavy (non-hydrogen) atoms. The Morgan fingerprint density at radius 1 is 1.33 bits per heavy atom. The van der Waals surface area contributed by atoms with Crippen molar-refractivity contribution in [3.63, 3.8) is 0 Å². The Kier molecular flexibility index (Phi) is 4.22. The predicted octanol–water partition coefficient (Wildman–Crippen LogP) is 3.29. The van der Waals surface area contributed by atoms with Crippen LogP contribution in [0.4, 0.5) is 13.2 Å². The lowest BCUT2D eigenvalue weighted by Gasteiger charge is -2.08. The number of H-pyrrole nitrogens is 1. The van der Waals surface area contributed by atoms with Crippen LogP contribution in [-0.4, -0.2) is 21.3 Å². The van der Waals surface area contributed by atoms with Crippen LogP contribution in [0.5, 0.6) is 5.88 Å². The minimum absolute atomic E-state index is 0.131. The molecule has 0 radical (unpaired) electrons. The van der Waals surface area contributed by atoms with E-state index in [2.05, 4.69) is 9.97 Å². The highest BCUT2D eigenvalue weighted by molar-refractivity contribution is 6.30. The van der Waals surface area contributed by atoms with Crippen molar-refractivity contribution >= 4 is 11.6 Å². The molecule has 2 rings (SSSR count). The van der Waals surface area contributed by atoms with Gasteiger partial charge in [0.05, 0.1) is 6.42 Å². The van der Waals surface area contributed by atoms with E-state index in [1.165, 1.54) is 12.1 Å². The average molecular weight is 319 g/mol. The van der Waals surface area contributed by atoms with Gasteiger partial charge in [0, 0.05) is 11.4 Å². The van der Waals surface area contributed by atoms with Gasteiger partial charge >= 0.3 is 6.18 Å². The van der Waals surface area contributed by atoms with Crippen LogP contribution >= 0.6 is 11.6 Å². The molecule has 112 valence electrons. The van der Waals surface area contributed by atoms with E-state index in [1.54, 1.807) is 12.1 Å². The summed E-state index contributed by atoms with van der Waals surface area (Å²) in [6, 6.07) is 6.14. The molecule has 2 aromatic rings. The molecule has 0 bridgehead atoms. The van der Waals surface area contributed by atoms with Crippen LogP contribution in [0.25, 0.3) is 11.1 Å². The lowest BCUT2D eigenvalue weighted by atomic mass is 10.1. The zero-order valence-corrected chi connectivity index (χ0v) is 11.3. The largest absolute Gasteiger partial charge is 0.493 e. The Morgan fingerprint density at radius 3 is 2.62 bits per heavy atom. The molecular formula is C13H10ClF3N2O2. The maximum Gasteiger partial charge on any atom is 0.389 e. The summed E-state index contributed by atoms with van der Waals surface area (Å²) in [6.45, 7) is 0. The standard InChI is InChI=1S/C13H10ClF3N2O2/c14-8-3-1-2-7(6-8)10-11(20)18-9(19-12(10)21)4-5-13(15,16)17/h1-3,6H,4-5H2,(H2,18,19,20,21). The fraction of sp³-hybridized carbons (Fsp3) is 0.231. The molecule has 0 aliphatic carbocycles. The quantitative estimate of drug-likeness (QED) is 0.912. The molecule has 0 spiro atoms. The summed E-state index contributed by atoms with van der Waals surface area (Å²) in [5.41, 5.74) is -0.522. The highest BCUT2D eigenvalue weighted by Crippen LogP contribution is 2.26. The summed E-state index contributed by atoms with van der Waals surface area (Å²) >= 11 is 5.79. The van der Waals surface area contributed by atoms with Crippen molar-refractivity contribution in [3.8, 4) is 17.0 Å². The zero-order chi connectivity index (χ0) is 15.6. The van der Waals surface area contributed by atoms with E-state index in [0.29, 0.717) is 10.6 Å². The van der Waals surface area contributed by atoms with Crippen LogP contribution in [0.15, 0.2) is 29.1 Å². The van der Waals surface area contributed by atoms with Crippen LogP contribution < -0.4 is 5.56 Å². The van der Waals surface area contributed by atoms with E-state index in [0.717, 1.165) is 0 Å². The molecule has 0 amide bonds. The summed E-state index contributed by atoms with van der Waals surface area (Å²) < 4.78 is 36.4. The van der Waals surface area contributed by atoms with Gasteiger partial charge in [-0.05, 0) is 17.7 Å². The van der Waals surface area contributed by atoms with Crippen molar-refractivity contribution in [2.24, 2.45) is 0 Å². The van der Waals surface area contributed by atoms with Crippen molar-refractivity contribution < 1.29 is 18.3 Å². The number of rotatable bonds is 3. The molecule has 0 saturated carbocycles. The van der Waals surface area contributed by atoms with E-state index in [4.69, 9.17) is 11.6 Å². The van der Waals surface area contributed by atoms with E-state index < -0.39 is 30.5 Å². The second-order valence-corrected chi connectivity index (χ2v) is 4.77. The molecule has 0 aliphatic heterocycles. The van der Waals surface area contributed by atoms with Crippen LogP contribution in [-0.2, 0) is 6.42 Å². The minimum atomic E-state index is -4.36. The second-order valence-electron chi connectivity index (χ2n) is 4.34. The highest BCUT2D eigenvalue weighted by atomic mass is 35.5. The number of aromatic hydroxyl groups is 1. The minimum Gasteiger partial charge on any atom is -0.493 e. The second kappa shape index (κ2) is 5.77. The van der Waals surface area contributed by atoms with E-state index in [9.17, 15) is 23.1 Å². The molecular weight excluding hydrogens is 309 g/mol. The van der Waals surface area contributed by atoms with Crippen LogP contribution in [0.1, 0.15) is 12.2 Å². The third-order valence-electron chi connectivity index (χ3n) is 2.71. The van der Waals surface area contributed by atoms with Crippen molar-refractivity contribution in [2.75, 3.05) is 0 Å². The van der Waals surface area contributed by atoms with Gasteiger partial charge in [-0.1, -0.05) is 23.7 Å². The molecule has 0 saturated heterocycles. The van der Waals surface area contributed by atoms with E-state index in [-0.39, 0.29) is 11.4 Å². The van der Waals surface area contributed by atoms with E-state index >= 15 is 0 Å². The molecule has 4 nitrogen and oxygen atoms in total. The summed E-state index contributed by atoms with van der Waals surface area (Å²) in [5.74, 6) is -0.848. The normalized spacial score (nSPS) is 11.6. The van der Waals surface area contributed by atoms with Gasteiger partial charge in [-0.25, -0.2) is 0 Å². The van der Waals surface area contributed by atoms with Gasteiger partial charge in [-0.2, -0.15) is 18.2 Å². The number of nitrogens with zero attached hydrogens (tertiary/aromatic N) is 1. The van der Waals surface area contributed by atoms with Gasteiger partial charge in [0.1, 0.15) is 11.4 Å². The number of alkyl halides is 3. The molecule has 2 N–H and O–H groups in total. The SMILES string of the molecule is O=c1[nH]c(CCC(F)(F)F)nc(O)c1-c1cccc(Cl)c1.